The molecule has 0 unspecified atom stereocenters. The summed E-state index contributed by atoms with van der Waals surface area (Å²) in [5, 5.41) is 9.56. The molecule has 2 heterocycles. The number of rotatable bonds is 9. The lowest BCUT2D eigenvalue weighted by molar-refractivity contribution is -0.141. The minimum atomic E-state index is -0.906. The van der Waals surface area contributed by atoms with Crippen molar-refractivity contribution in [1.29, 1.82) is 0 Å². The number of para-hydroxylation sites is 1. The van der Waals surface area contributed by atoms with Crippen LogP contribution in [0.25, 0.3) is 11.5 Å². The lowest BCUT2D eigenvalue weighted by Crippen LogP contribution is -2.39. The number of carbonyl (C=O) groups excluding carboxylic acids is 1. The highest BCUT2D eigenvalue weighted by Gasteiger charge is 2.39. The number of hydrogen-bond acceptors (Lipinski definition) is 6. The van der Waals surface area contributed by atoms with Gasteiger partial charge in [-0.15, -0.1) is 0 Å². The molecule has 39 heavy (non-hydrogen) atoms. The fraction of sp³-hybridized carbons (Fsp3) is 0.258. The fourth-order valence-corrected chi connectivity index (χ4v) is 4.78. The van der Waals surface area contributed by atoms with E-state index in [1.807, 2.05) is 67.6 Å². The zero-order valence-corrected chi connectivity index (χ0v) is 21.7. The van der Waals surface area contributed by atoms with Crippen molar-refractivity contribution in [2.45, 2.75) is 32.2 Å². The van der Waals surface area contributed by atoms with Crippen LogP contribution < -0.4 is 9.47 Å². The van der Waals surface area contributed by atoms with Crippen LogP contribution in [-0.4, -0.2) is 46.2 Å². The van der Waals surface area contributed by atoms with Crippen molar-refractivity contribution in [2.75, 3.05) is 13.2 Å². The quantitative estimate of drug-likeness (QED) is 0.295. The molecular formula is C31H30N2O6. The first kappa shape index (κ1) is 26.0. The zero-order chi connectivity index (χ0) is 27.2. The minimum Gasteiger partial charge on any atom is -0.493 e. The number of benzene rings is 3. The third-order valence-electron chi connectivity index (χ3n) is 6.86. The standard InChI is InChI=1S/C31H30N2O6/c1-21-28(32-29(38-21)23-8-4-2-5-9-23)16-17-37-26-14-12-22(13-15-26)18-25-19-24(30(34)35)20-33(25)31(36)39-27-10-6-3-7-11-27/h2-15,24-25H,16-20H2,1H3,(H,34,35)/t24-,25-/m0/s1. The maximum Gasteiger partial charge on any atom is 0.415 e. The van der Waals surface area contributed by atoms with E-state index >= 15 is 0 Å². The molecule has 1 aromatic heterocycles. The molecule has 1 aliphatic rings. The van der Waals surface area contributed by atoms with Crippen LogP contribution >= 0.6 is 0 Å². The Morgan fingerprint density at radius 1 is 0.974 bits per heavy atom. The smallest absolute Gasteiger partial charge is 0.415 e. The second-order valence-corrected chi connectivity index (χ2v) is 9.59. The summed E-state index contributed by atoms with van der Waals surface area (Å²) in [6.07, 6.45) is 0.975. The summed E-state index contributed by atoms with van der Waals surface area (Å²) < 4.78 is 17.2. The van der Waals surface area contributed by atoms with Crippen molar-refractivity contribution in [3.63, 3.8) is 0 Å². The van der Waals surface area contributed by atoms with Crippen molar-refractivity contribution >= 4 is 12.1 Å². The number of oxazole rings is 1. The van der Waals surface area contributed by atoms with Gasteiger partial charge in [0.25, 0.3) is 0 Å². The van der Waals surface area contributed by atoms with Gasteiger partial charge in [0.2, 0.25) is 5.89 Å². The highest BCUT2D eigenvalue weighted by Crippen LogP contribution is 2.28. The average Bonchev–Trinajstić information content (AvgIpc) is 3.54. The second-order valence-electron chi connectivity index (χ2n) is 9.59. The van der Waals surface area contributed by atoms with Gasteiger partial charge < -0.3 is 23.9 Å². The number of likely N-dealkylation sites (tertiary alicyclic amines) is 1. The Hall–Kier alpha value is -4.59. The summed E-state index contributed by atoms with van der Waals surface area (Å²) >= 11 is 0. The van der Waals surface area contributed by atoms with E-state index in [9.17, 15) is 14.7 Å². The van der Waals surface area contributed by atoms with Crippen LogP contribution in [0.3, 0.4) is 0 Å². The van der Waals surface area contributed by atoms with Gasteiger partial charge in [-0.05, 0) is 61.7 Å². The first-order chi connectivity index (χ1) is 19.0. The highest BCUT2D eigenvalue weighted by molar-refractivity contribution is 5.76. The molecule has 0 radical (unpaired) electrons. The molecule has 4 aromatic rings. The summed E-state index contributed by atoms with van der Waals surface area (Å²) in [4.78, 5) is 30.7. The number of aryl methyl sites for hydroxylation is 1. The number of carbonyl (C=O) groups is 2. The number of amides is 1. The van der Waals surface area contributed by atoms with Gasteiger partial charge in [0.15, 0.2) is 0 Å². The molecular weight excluding hydrogens is 496 g/mol. The van der Waals surface area contributed by atoms with Crippen molar-refractivity contribution in [2.24, 2.45) is 5.92 Å². The molecule has 1 amide bonds. The topological polar surface area (TPSA) is 102 Å². The molecule has 8 heteroatoms. The molecule has 0 spiro atoms. The number of ether oxygens (including phenoxy) is 2. The highest BCUT2D eigenvalue weighted by atomic mass is 16.6. The van der Waals surface area contributed by atoms with Crippen LogP contribution in [0.15, 0.2) is 89.3 Å². The fourth-order valence-electron chi connectivity index (χ4n) is 4.78. The molecule has 1 aliphatic heterocycles. The maximum atomic E-state index is 12.9. The Balaban J connectivity index is 1.17. The first-order valence-corrected chi connectivity index (χ1v) is 13.0. The summed E-state index contributed by atoms with van der Waals surface area (Å²) in [5.74, 6) is 1.00. The van der Waals surface area contributed by atoms with Crippen molar-refractivity contribution in [3.8, 4) is 23.0 Å². The van der Waals surface area contributed by atoms with Crippen LogP contribution in [0, 0.1) is 12.8 Å². The Bertz CT molecular complexity index is 1400. The molecule has 1 fully saturated rings. The summed E-state index contributed by atoms with van der Waals surface area (Å²) in [5.41, 5.74) is 2.78. The van der Waals surface area contributed by atoms with Gasteiger partial charge in [-0.25, -0.2) is 9.78 Å². The van der Waals surface area contributed by atoms with Crippen LogP contribution in [0.2, 0.25) is 0 Å². The number of aromatic nitrogens is 1. The van der Waals surface area contributed by atoms with Gasteiger partial charge in [-0.2, -0.15) is 0 Å². The Kier molecular flexibility index (Phi) is 7.91. The molecule has 8 nitrogen and oxygen atoms in total. The van der Waals surface area contributed by atoms with E-state index in [0.29, 0.717) is 37.5 Å². The van der Waals surface area contributed by atoms with Crippen LogP contribution in [0.5, 0.6) is 11.5 Å². The number of carboxylic acids is 1. The predicted molar refractivity (Wildman–Crippen MR) is 145 cm³/mol. The lowest BCUT2D eigenvalue weighted by atomic mass is 10.00. The third kappa shape index (κ3) is 6.46. The van der Waals surface area contributed by atoms with Crippen LogP contribution in [0.4, 0.5) is 4.79 Å². The molecule has 1 saturated heterocycles. The zero-order valence-electron chi connectivity index (χ0n) is 21.7. The maximum absolute atomic E-state index is 12.9. The van der Waals surface area contributed by atoms with E-state index in [0.717, 1.165) is 28.3 Å². The van der Waals surface area contributed by atoms with E-state index in [1.54, 1.807) is 24.3 Å². The van der Waals surface area contributed by atoms with E-state index in [-0.39, 0.29) is 12.6 Å². The Morgan fingerprint density at radius 3 is 2.36 bits per heavy atom. The number of nitrogens with zero attached hydrogens (tertiary/aromatic N) is 2. The Labute approximate surface area is 226 Å². The lowest BCUT2D eigenvalue weighted by Gasteiger charge is -2.24. The number of carboxylic acid groups (broad SMARTS) is 1. The molecule has 5 rings (SSSR count). The predicted octanol–water partition coefficient (Wildman–Crippen LogP) is 5.79. The minimum absolute atomic E-state index is 0.125. The average molecular weight is 527 g/mol. The van der Waals surface area contributed by atoms with Gasteiger partial charge in [0.1, 0.15) is 17.3 Å². The molecule has 0 saturated carbocycles. The molecule has 0 bridgehead atoms. The summed E-state index contributed by atoms with van der Waals surface area (Å²) in [6.45, 7) is 2.48. The molecule has 1 N–H and O–H groups in total. The first-order valence-electron chi connectivity index (χ1n) is 13.0. The van der Waals surface area contributed by atoms with Crippen molar-refractivity contribution in [1.82, 2.24) is 9.88 Å². The Morgan fingerprint density at radius 2 is 1.67 bits per heavy atom. The van der Waals surface area contributed by atoms with Crippen LogP contribution in [0.1, 0.15) is 23.4 Å². The van der Waals surface area contributed by atoms with Gasteiger partial charge in [-0.1, -0.05) is 48.5 Å². The summed E-state index contributed by atoms with van der Waals surface area (Å²) in [6, 6.07) is 26.0. The van der Waals surface area contributed by atoms with Gasteiger partial charge in [0.05, 0.1) is 18.2 Å². The van der Waals surface area contributed by atoms with Gasteiger partial charge >= 0.3 is 12.1 Å². The van der Waals surface area contributed by atoms with Crippen LogP contribution in [-0.2, 0) is 17.6 Å². The second kappa shape index (κ2) is 11.9. The molecule has 200 valence electrons. The monoisotopic (exact) mass is 526 g/mol. The third-order valence-corrected chi connectivity index (χ3v) is 6.86. The summed E-state index contributed by atoms with van der Waals surface area (Å²) in [7, 11) is 0. The number of hydrogen-bond donors (Lipinski definition) is 1. The molecule has 0 aliphatic carbocycles. The largest absolute Gasteiger partial charge is 0.493 e. The van der Waals surface area contributed by atoms with E-state index in [1.165, 1.54) is 4.90 Å². The molecule has 3 aromatic carbocycles. The van der Waals surface area contributed by atoms with Gasteiger partial charge in [-0.3, -0.25) is 4.79 Å². The van der Waals surface area contributed by atoms with Crippen molar-refractivity contribution in [3.05, 3.63) is 102 Å². The molecule has 2 atom stereocenters. The van der Waals surface area contributed by atoms with E-state index < -0.39 is 18.0 Å². The normalized spacial score (nSPS) is 16.7. The SMILES string of the molecule is Cc1oc(-c2ccccc2)nc1CCOc1ccc(C[C@H]2C[C@H](C(=O)O)CN2C(=O)Oc2ccccc2)cc1. The van der Waals surface area contributed by atoms with Crippen molar-refractivity contribution < 1.29 is 28.6 Å². The van der Waals surface area contributed by atoms with Gasteiger partial charge in [0, 0.05) is 24.6 Å². The van der Waals surface area contributed by atoms with E-state index in [4.69, 9.17) is 13.9 Å². The number of aliphatic carboxylic acids is 1. The van der Waals surface area contributed by atoms with E-state index in [2.05, 4.69) is 4.98 Å².